The number of hydrogen-bond donors (Lipinski definition) is 0. The van der Waals surface area contributed by atoms with Gasteiger partial charge < -0.3 is 9.36 Å². The van der Waals surface area contributed by atoms with Gasteiger partial charge >= 0.3 is 0 Å². The Morgan fingerprint density at radius 2 is 1.61 bits per heavy atom. The van der Waals surface area contributed by atoms with Crippen molar-refractivity contribution in [3.05, 3.63) is 102 Å². The molecule has 4 aromatic rings. The van der Waals surface area contributed by atoms with Gasteiger partial charge in [-0.1, -0.05) is 36.4 Å². The highest BCUT2D eigenvalue weighted by molar-refractivity contribution is 5.86. The Morgan fingerprint density at radius 3 is 2.36 bits per heavy atom. The van der Waals surface area contributed by atoms with E-state index in [0.717, 1.165) is 42.3 Å². The summed E-state index contributed by atoms with van der Waals surface area (Å²) in [6.45, 7) is 0. The van der Waals surface area contributed by atoms with Gasteiger partial charge in [0, 0.05) is 23.7 Å². The molecule has 4 rings (SSSR count). The fourth-order valence-corrected chi connectivity index (χ4v) is 3.66. The third-order valence-electron chi connectivity index (χ3n) is 5.13. The van der Waals surface area contributed by atoms with Gasteiger partial charge in [0.25, 0.3) is 0 Å². The van der Waals surface area contributed by atoms with Gasteiger partial charge in [0.1, 0.15) is 12.1 Å². The summed E-state index contributed by atoms with van der Waals surface area (Å²) in [4.78, 5) is 10.7. The maximum absolute atomic E-state index is 13.4. The number of aldehydes is 1. The van der Waals surface area contributed by atoms with Crippen LogP contribution < -0.4 is 0 Å². The van der Waals surface area contributed by atoms with Crippen molar-refractivity contribution in [2.45, 2.75) is 25.7 Å². The standard InChI is InChI=1S/C25H22FNO/c26-22-11-13-23(14-12-22)27-18-21(10-8-19-5-2-1-3-6-19)24-17-20(7-4-16-28)9-15-25(24)27/h1-3,5-6,9,11-18H,4,7-8,10H2. The fourth-order valence-electron chi connectivity index (χ4n) is 3.66. The van der Waals surface area contributed by atoms with Crippen LogP contribution >= 0.6 is 0 Å². The molecule has 0 amide bonds. The zero-order chi connectivity index (χ0) is 19.3. The number of carbonyl (C=O) groups is 1. The SMILES string of the molecule is O=CCCc1ccc2c(c1)c(CCc1ccccc1)cn2-c1ccc(F)cc1. The summed E-state index contributed by atoms with van der Waals surface area (Å²) >= 11 is 0. The Bertz CT molecular complexity index is 1080. The van der Waals surface area contributed by atoms with Gasteiger partial charge in [-0.25, -0.2) is 4.39 Å². The quantitative estimate of drug-likeness (QED) is 0.383. The second-order valence-electron chi connectivity index (χ2n) is 7.04. The molecule has 1 heterocycles. The van der Waals surface area contributed by atoms with Gasteiger partial charge in [0.05, 0.1) is 5.52 Å². The molecule has 0 bridgehead atoms. The van der Waals surface area contributed by atoms with Crippen LogP contribution in [0.4, 0.5) is 4.39 Å². The molecule has 0 atom stereocenters. The highest BCUT2D eigenvalue weighted by Crippen LogP contribution is 2.28. The van der Waals surface area contributed by atoms with Gasteiger partial charge in [0.15, 0.2) is 0 Å². The van der Waals surface area contributed by atoms with E-state index in [0.29, 0.717) is 6.42 Å². The van der Waals surface area contributed by atoms with Crippen molar-refractivity contribution in [2.24, 2.45) is 0 Å². The Morgan fingerprint density at radius 1 is 0.821 bits per heavy atom. The molecule has 3 aromatic carbocycles. The Hall–Kier alpha value is -3.20. The number of halogens is 1. The number of rotatable bonds is 7. The number of aryl methyl sites for hydroxylation is 3. The first-order chi connectivity index (χ1) is 13.7. The van der Waals surface area contributed by atoms with Crippen molar-refractivity contribution < 1.29 is 9.18 Å². The molecule has 0 saturated heterocycles. The molecule has 0 saturated carbocycles. The third kappa shape index (κ3) is 3.89. The van der Waals surface area contributed by atoms with Crippen molar-refractivity contribution in [2.75, 3.05) is 0 Å². The number of benzene rings is 3. The minimum absolute atomic E-state index is 0.235. The normalized spacial score (nSPS) is 11.0. The van der Waals surface area contributed by atoms with Crippen molar-refractivity contribution in [3.63, 3.8) is 0 Å². The van der Waals surface area contributed by atoms with Crippen molar-refractivity contribution in [1.29, 1.82) is 0 Å². The van der Waals surface area contributed by atoms with Gasteiger partial charge in [-0.3, -0.25) is 0 Å². The lowest BCUT2D eigenvalue weighted by Gasteiger charge is -2.06. The van der Waals surface area contributed by atoms with E-state index in [1.54, 1.807) is 12.1 Å². The molecule has 28 heavy (non-hydrogen) atoms. The summed E-state index contributed by atoms with van der Waals surface area (Å²) < 4.78 is 15.5. The molecule has 0 unspecified atom stereocenters. The molecule has 0 aliphatic carbocycles. The van der Waals surface area contributed by atoms with E-state index in [1.807, 2.05) is 6.07 Å². The molecule has 0 aliphatic heterocycles. The predicted molar refractivity (Wildman–Crippen MR) is 111 cm³/mol. The lowest BCUT2D eigenvalue weighted by atomic mass is 10.0. The molecule has 3 heteroatoms. The average Bonchev–Trinajstić information content (AvgIpc) is 3.10. The minimum Gasteiger partial charge on any atom is -0.316 e. The Labute approximate surface area is 164 Å². The molecule has 1 aromatic heterocycles. The molecule has 0 radical (unpaired) electrons. The summed E-state index contributed by atoms with van der Waals surface area (Å²) in [6.07, 6.45) is 6.28. The van der Waals surface area contributed by atoms with E-state index in [2.05, 4.69) is 53.2 Å². The van der Waals surface area contributed by atoms with Gasteiger partial charge in [-0.15, -0.1) is 0 Å². The van der Waals surface area contributed by atoms with E-state index in [9.17, 15) is 9.18 Å². The van der Waals surface area contributed by atoms with E-state index >= 15 is 0 Å². The Kier molecular flexibility index (Phi) is 5.34. The molecule has 0 spiro atoms. The predicted octanol–water partition coefficient (Wildman–Crippen LogP) is 5.69. The smallest absolute Gasteiger partial charge is 0.123 e. The second kappa shape index (κ2) is 8.22. The van der Waals surface area contributed by atoms with Gasteiger partial charge in [-0.2, -0.15) is 0 Å². The fraction of sp³-hybridized carbons (Fsp3) is 0.160. The van der Waals surface area contributed by atoms with E-state index < -0.39 is 0 Å². The highest BCUT2D eigenvalue weighted by Gasteiger charge is 2.11. The lowest BCUT2D eigenvalue weighted by Crippen LogP contribution is -1.92. The van der Waals surface area contributed by atoms with Crippen LogP contribution in [-0.4, -0.2) is 10.9 Å². The van der Waals surface area contributed by atoms with Crippen LogP contribution in [0.25, 0.3) is 16.6 Å². The van der Waals surface area contributed by atoms with Crippen molar-refractivity contribution >= 4 is 17.2 Å². The first-order valence-electron chi connectivity index (χ1n) is 9.61. The molecular formula is C25H22FNO. The maximum Gasteiger partial charge on any atom is 0.123 e. The molecule has 2 nitrogen and oxygen atoms in total. The van der Waals surface area contributed by atoms with Crippen LogP contribution in [0.3, 0.4) is 0 Å². The number of nitrogens with zero attached hydrogens (tertiary/aromatic N) is 1. The maximum atomic E-state index is 13.4. The van der Waals surface area contributed by atoms with Crippen LogP contribution in [-0.2, 0) is 24.1 Å². The van der Waals surface area contributed by atoms with Crippen LogP contribution in [0, 0.1) is 5.82 Å². The van der Waals surface area contributed by atoms with Crippen LogP contribution in [0.1, 0.15) is 23.1 Å². The monoisotopic (exact) mass is 371 g/mol. The highest BCUT2D eigenvalue weighted by atomic mass is 19.1. The largest absolute Gasteiger partial charge is 0.316 e. The van der Waals surface area contributed by atoms with Crippen molar-refractivity contribution in [1.82, 2.24) is 4.57 Å². The van der Waals surface area contributed by atoms with E-state index in [1.165, 1.54) is 28.6 Å². The van der Waals surface area contributed by atoms with Crippen molar-refractivity contribution in [3.8, 4) is 5.69 Å². The topological polar surface area (TPSA) is 22.0 Å². The second-order valence-corrected chi connectivity index (χ2v) is 7.04. The first-order valence-corrected chi connectivity index (χ1v) is 9.61. The Balaban J connectivity index is 1.74. The van der Waals surface area contributed by atoms with Crippen LogP contribution in [0.2, 0.25) is 0 Å². The number of hydrogen-bond acceptors (Lipinski definition) is 1. The average molecular weight is 371 g/mol. The van der Waals surface area contributed by atoms with Crippen LogP contribution in [0.15, 0.2) is 79.0 Å². The third-order valence-corrected chi connectivity index (χ3v) is 5.13. The molecule has 0 N–H and O–H groups in total. The van der Waals surface area contributed by atoms with Crippen LogP contribution in [0.5, 0.6) is 0 Å². The summed E-state index contributed by atoms with van der Waals surface area (Å²) in [5, 5.41) is 1.20. The van der Waals surface area contributed by atoms with Gasteiger partial charge in [-0.05, 0) is 72.4 Å². The molecule has 0 fully saturated rings. The zero-order valence-electron chi connectivity index (χ0n) is 15.6. The number of aromatic nitrogens is 1. The van der Waals surface area contributed by atoms with E-state index in [4.69, 9.17) is 0 Å². The summed E-state index contributed by atoms with van der Waals surface area (Å²) in [7, 11) is 0. The van der Waals surface area contributed by atoms with Gasteiger partial charge in [0.2, 0.25) is 0 Å². The number of carbonyl (C=O) groups excluding carboxylic acids is 1. The summed E-state index contributed by atoms with van der Waals surface area (Å²) in [5.41, 5.74) is 5.78. The molecule has 140 valence electrons. The lowest BCUT2D eigenvalue weighted by molar-refractivity contribution is -0.107. The summed E-state index contributed by atoms with van der Waals surface area (Å²) in [5.74, 6) is -0.235. The summed E-state index contributed by atoms with van der Waals surface area (Å²) in [6, 6.07) is 23.4. The zero-order valence-corrected chi connectivity index (χ0v) is 15.6. The van der Waals surface area contributed by atoms with E-state index in [-0.39, 0.29) is 5.82 Å². The molecular weight excluding hydrogens is 349 g/mol. The first kappa shape index (κ1) is 18.2. The molecule has 0 aliphatic rings. The minimum atomic E-state index is -0.235. The number of fused-ring (bicyclic) bond motifs is 1.